The predicted octanol–water partition coefficient (Wildman–Crippen LogP) is 2.92. The third-order valence-electron chi connectivity index (χ3n) is 5.22. The van der Waals surface area contributed by atoms with Crippen LogP contribution in [0.4, 0.5) is 0 Å². The summed E-state index contributed by atoms with van der Waals surface area (Å²) in [6.07, 6.45) is 1.84. The topological polar surface area (TPSA) is 49.4 Å². The summed E-state index contributed by atoms with van der Waals surface area (Å²) in [4.78, 5) is 28.0. The van der Waals surface area contributed by atoms with E-state index in [2.05, 4.69) is 5.32 Å². The molecule has 0 bridgehead atoms. The quantitative estimate of drug-likeness (QED) is 0.930. The maximum Gasteiger partial charge on any atom is 0.253 e. The van der Waals surface area contributed by atoms with Crippen LogP contribution in [0.1, 0.15) is 28.1 Å². The van der Waals surface area contributed by atoms with Gasteiger partial charge in [-0.3, -0.25) is 9.59 Å². The minimum Gasteiger partial charge on any atom is -0.351 e. The van der Waals surface area contributed by atoms with Gasteiger partial charge in [0.05, 0.1) is 6.54 Å². The Labute approximate surface area is 145 Å². The molecule has 2 aromatic rings. The lowest BCUT2D eigenvalue weighted by Gasteiger charge is -2.16. The lowest BCUT2D eigenvalue weighted by Crippen LogP contribution is -2.31. The zero-order valence-electron chi connectivity index (χ0n) is 13.4. The minimum atomic E-state index is 0.0178. The van der Waals surface area contributed by atoms with Crippen LogP contribution in [0.5, 0.6) is 0 Å². The Morgan fingerprint density at radius 3 is 2.79 bits per heavy atom. The van der Waals surface area contributed by atoms with E-state index < -0.39 is 0 Å². The van der Waals surface area contributed by atoms with Crippen molar-refractivity contribution in [2.45, 2.75) is 19.4 Å². The molecule has 4 rings (SSSR count). The summed E-state index contributed by atoms with van der Waals surface area (Å²) in [5.41, 5.74) is 0.748. The molecular formula is C19H20N2O2S. The van der Waals surface area contributed by atoms with Gasteiger partial charge in [-0.1, -0.05) is 24.3 Å². The highest BCUT2D eigenvalue weighted by Crippen LogP contribution is 2.58. The average Bonchev–Trinajstić information content (AvgIpc) is 2.95. The number of amides is 2. The number of hydrogen-bond donors (Lipinski definition) is 1. The lowest BCUT2D eigenvalue weighted by molar-refractivity contribution is -0.123. The smallest absolute Gasteiger partial charge is 0.253 e. The summed E-state index contributed by atoms with van der Waals surface area (Å²) in [5.74, 6) is 0.278. The van der Waals surface area contributed by atoms with E-state index in [0.29, 0.717) is 13.1 Å². The van der Waals surface area contributed by atoms with E-state index in [4.69, 9.17) is 0 Å². The van der Waals surface area contributed by atoms with E-state index in [1.807, 2.05) is 52.7 Å². The van der Waals surface area contributed by atoms with Crippen LogP contribution in [0, 0.1) is 11.3 Å². The molecule has 24 heavy (non-hydrogen) atoms. The lowest BCUT2D eigenvalue weighted by atomic mass is 10.0. The number of nitrogens with zero attached hydrogens (tertiary/aromatic N) is 1. The third kappa shape index (κ3) is 2.84. The first-order valence-corrected chi connectivity index (χ1v) is 9.20. The fraction of sp³-hybridized carbons (Fsp3) is 0.368. The van der Waals surface area contributed by atoms with Crippen molar-refractivity contribution in [1.29, 1.82) is 0 Å². The minimum absolute atomic E-state index is 0.0178. The van der Waals surface area contributed by atoms with Gasteiger partial charge in [-0.25, -0.2) is 0 Å². The molecular weight excluding hydrogens is 320 g/mol. The Balaban J connectivity index is 1.34. The molecule has 4 nitrogen and oxygen atoms in total. The summed E-state index contributed by atoms with van der Waals surface area (Å²) in [6.45, 7) is 2.07. The standard InChI is InChI=1S/C19H20N2O2S/c22-17(20-12-15-7-4-10-24-15)16-11-19(16)8-9-21(13-19)18(23)14-5-2-1-3-6-14/h1-7,10,16H,8-9,11-13H2,(H,20,22)/t16-,19-/m0/s1. The molecule has 5 heteroatoms. The first kappa shape index (κ1) is 15.4. The van der Waals surface area contributed by atoms with E-state index in [9.17, 15) is 9.59 Å². The maximum absolute atomic E-state index is 12.5. The molecule has 1 N–H and O–H groups in total. The number of thiophene rings is 1. The number of carbonyl (C=O) groups excluding carboxylic acids is 2. The fourth-order valence-electron chi connectivity index (χ4n) is 3.71. The molecule has 2 heterocycles. The summed E-state index contributed by atoms with van der Waals surface area (Å²) in [6, 6.07) is 13.4. The highest BCUT2D eigenvalue weighted by atomic mass is 32.1. The normalized spacial score (nSPS) is 25.0. The monoisotopic (exact) mass is 340 g/mol. The van der Waals surface area contributed by atoms with Gasteiger partial charge in [-0.15, -0.1) is 11.3 Å². The maximum atomic E-state index is 12.5. The van der Waals surface area contributed by atoms with Crippen molar-refractivity contribution in [2.75, 3.05) is 13.1 Å². The van der Waals surface area contributed by atoms with Gasteiger partial charge >= 0.3 is 0 Å². The van der Waals surface area contributed by atoms with Crippen LogP contribution in [-0.4, -0.2) is 29.8 Å². The van der Waals surface area contributed by atoms with E-state index in [1.165, 1.54) is 4.88 Å². The third-order valence-corrected chi connectivity index (χ3v) is 6.09. The second-order valence-electron chi connectivity index (χ2n) is 6.76. The van der Waals surface area contributed by atoms with Crippen molar-refractivity contribution in [1.82, 2.24) is 10.2 Å². The molecule has 2 fully saturated rings. The molecule has 1 saturated heterocycles. The van der Waals surface area contributed by atoms with Crippen LogP contribution in [0.25, 0.3) is 0 Å². The first-order valence-electron chi connectivity index (χ1n) is 8.32. The van der Waals surface area contributed by atoms with Crippen molar-refractivity contribution in [3.63, 3.8) is 0 Å². The summed E-state index contributed by atoms with van der Waals surface area (Å²) < 4.78 is 0. The number of likely N-dealkylation sites (tertiary alicyclic amines) is 1. The molecule has 1 aromatic heterocycles. The molecule has 2 aliphatic rings. The molecule has 1 aliphatic carbocycles. The Bertz CT molecular complexity index is 744. The van der Waals surface area contributed by atoms with E-state index in [-0.39, 0.29) is 23.1 Å². The Morgan fingerprint density at radius 1 is 1.21 bits per heavy atom. The average molecular weight is 340 g/mol. The van der Waals surface area contributed by atoms with Gasteiger partial charge < -0.3 is 10.2 Å². The molecule has 0 radical (unpaired) electrons. The number of benzene rings is 1. The first-order chi connectivity index (χ1) is 11.7. The van der Waals surface area contributed by atoms with E-state index >= 15 is 0 Å². The molecule has 1 aromatic carbocycles. The number of carbonyl (C=O) groups is 2. The van der Waals surface area contributed by atoms with Crippen molar-refractivity contribution >= 4 is 23.2 Å². The molecule has 1 spiro atoms. The summed E-state index contributed by atoms with van der Waals surface area (Å²) in [5, 5.41) is 5.06. The molecule has 2 amide bonds. The Kier molecular flexibility index (Phi) is 3.88. The van der Waals surface area contributed by atoms with Crippen molar-refractivity contribution < 1.29 is 9.59 Å². The summed E-state index contributed by atoms with van der Waals surface area (Å²) in [7, 11) is 0. The van der Waals surface area contributed by atoms with Crippen LogP contribution in [0.15, 0.2) is 47.8 Å². The van der Waals surface area contributed by atoms with Gasteiger partial charge in [0.2, 0.25) is 5.91 Å². The summed E-state index contributed by atoms with van der Waals surface area (Å²) >= 11 is 1.66. The van der Waals surface area contributed by atoms with Gasteiger partial charge in [-0.2, -0.15) is 0 Å². The van der Waals surface area contributed by atoms with Gasteiger partial charge in [0, 0.05) is 34.9 Å². The van der Waals surface area contributed by atoms with Crippen LogP contribution < -0.4 is 5.32 Å². The highest BCUT2D eigenvalue weighted by molar-refractivity contribution is 7.09. The molecule has 1 saturated carbocycles. The SMILES string of the molecule is O=C(NCc1cccs1)[C@@H]1C[C@]12CCN(C(=O)c1ccccc1)C2. The molecule has 2 atom stereocenters. The Hall–Kier alpha value is -2.14. The van der Waals surface area contributed by atoms with Crippen molar-refractivity contribution in [3.8, 4) is 0 Å². The zero-order chi connectivity index (χ0) is 16.6. The fourth-order valence-corrected chi connectivity index (χ4v) is 4.36. The number of hydrogen-bond acceptors (Lipinski definition) is 3. The number of rotatable bonds is 4. The number of nitrogens with one attached hydrogen (secondary N) is 1. The van der Waals surface area contributed by atoms with Crippen LogP contribution >= 0.6 is 11.3 Å². The van der Waals surface area contributed by atoms with Crippen LogP contribution in [-0.2, 0) is 11.3 Å². The Morgan fingerprint density at radius 2 is 2.04 bits per heavy atom. The largest absolute Gasteiger partial charge is 0.351 e. The molecule has 124 valence electrons. The van der Waals surface area contributed by atoms with Crippen molar-refractivity contribution in [3.05, 3.63) is 58.3 Å². The van der Waals surface area contributed by atoms with Gasteiger partial charge in [0.1, 0.15) is 0 Å². The van der Waals surface area contributed by atoms with Gasteiger partial charge in [0.15, 0.2) is 0 Å². The van der Waals surface area contributed by atoms with Crippen LogP contribution in [0.3, 0.4) is 0 Å². The van der Waals surface area contributed by atoms with Crippen molar-refractivity contribution in [2.24, 2.45) is 11.3 Å². The molecule has 0 unspecified atom stereocenters. The van der Waals surface area contributed by atoms with Gasteiger partial charge in [-0.05, 0) is 36.4 Å². The van der Waals surface area contributed by atoms with E-state index in [0.717, 1.165) is 24.9 Å². The predicted molar refractivity (Wildman–Crippen MR) is 93.7 cm³/mol. The van der Waals surface area contributed by atoms with Gasteiger partial charge in [0.25, 0.3) is 5.91 Å². The van der Waals surface area contributed by atoms with E-state index in [1.54, 1.807) is 11.3 Å². The second kappa shape index (κ2) is 6.06. The molecule has 1 aliphatic heterocycles. The zero-order valence-corrected chi connectivity index (χ0v) is 14.2. The second-order valence-corrected chi connectivity index (χ2v) is 7.79. The highest BCUT2D eigenvalue weighted by Gasteiger charge is 2.61. The van der Waals surface area contributed by atoms with Crippen LogP contribution in [0.2, 0.25) is 0 Å².